The number of rotatable bonds is 10. The second-order valence-corrected chi connectivity index (χ2v) is 7.40. The number of benzene rings is 2. The smallest absolute Gasteiger partial charge is 0.338 e. The fraction of sp³-hybridized carbons (Fsp3) is 0.360. The molecule has 1 aliphatic heterocycles. The highest BCUT2D eigenvalue weighted by molar-refractivity contribution is 5.95. The van der Waals surface area contributed by atoms with E-state index in [0.29, 0.717) is 41.4 Å². The molecule has 0 aliphatic carbocycles. The molecule has 0 aromatic heterocycles. The summed E-state index contributed by atoms with van der Waals surface area (Å²) in [6, 6.07) is 14.1. The van der Waals surface area contributed by atoms with Gasteiger partial charge in [0, 0.05) is 11.3 Å². The molecule has 0 radical (unpaired) electrons. The molecule has 7 nitrogen and oxygen atoms in total. The number of carbonyl (C=O) groups is 2. The van der Waals surface area contributed by atoms with Gasteiger partial charge in [0.2, 0.25) is 0 Å². The van der Waals surface area contributed by atoms with E-state index in [-0.39, 0.29) is 12.6 Å². The van der Waals surface area contributed by atoms with Crippen molar-refractivity contribution in [3.05, 3.63) is 70.9 Å². The molecule has 7 heteroatoms. The number of methoxy groups -OCH3 is 1. The van der Waals surface area contributed by atoms with Crippen molar-refractivity contribution < 1.29 is 23.8 Å². The number of hydrogen-bond acceptors (Lipinski definition) is 5. The van der Waals surface area contributed by atoms with E-state index in [1.165, 1.54) is 0 Å². The van der Waals surface area contributed by atoms with Crippen molar-refractivity contribution >= 4 is 12.0 Å². The Balaban J connectivity index is 2.06. The number of allylic oxidation sites excluding steroid dienone is 1. The van der Waals surface area contributed by atoms with E-state index in [1.54, 1.807) is 20.1 Å². The van der Waals surface area contributed by atoms with Gasteiger partial charge in [-0.1, -0.05) is 55.8 Å². The monoisotopic (exact) mass is 438 g/mol. The van der Waals surface area contributed by atoms with Crippen LogP contribution in [-0.4, -0.2) is 25.7 Å². The predicted octanol–water partition coefficient (Wildman–Crippen LogP) is 4.64. The maximum atomic E-state index is 13.0. The number of para-hydroxylation sites is 1. The molecular formula is C25H30N2O5. The van der Waals surface area contributed by atoms with Crippen molar-refractivity contribution in [2.24, 2.45) is 0 Å². The van der Waals surface area contributed by atoms with Gasteiger partial charge in [-0.25, -0.2) is 9.59 Å². The van der Waals surface area contributed by atoms with Crippen molar-refractivity contribution in [2.75, 3.05) is 13.7 Å². The number of carbonyl (C=O) groups excluding carboxylic acids is 2. The number of nitrogens with one attached hydrogen (secondary N) is 2. The normalized spacial score (nSPS) is 15.6. The van der Waals surface area contributed by atoms with Crippen LogP contribution in [0.25, 0.3) is 0 Å². The molecule has 2 amide bonds. The molecule has 2 N–H and O–H groups in total. The summed E-state index contributed by atoms with van der Waals surface area (Å²) in [5.74, 6) is 0.528. The Kier molecular flexibility index (Phi) is 8.14. The molecule has 1 unspecified atom stereocenters. The Labute approximate surface area is 188 Å². The summed E-state index contributed by atoms with van der Waals surface area (Å²) >= 11 is 0. The van der Waals surface area contributed by atoms with Gasteiger partial charge in [0.25, 0.3) is 0 Å². The van der Waals surface area contributed by atoms with E-state index in [2.05, 4.69) is 17.6 Å². The molecule has 1 aliphatic rings. The van der Waals surface area contributed by atoms with Crippen molar-refractivity contribution in [3.8, 4) is 11.5 Å². The summed E-state index contributed by atoms with van der Waals surface area (Å²) in [6.07, 6.45) is 2.33. The highest BCUT2D eigenvalue weighted by Gasteiger charge is 2.35. The van der Waals surface area contributed by atoms with Crippen LogP contribution in [0.15, 0.2) is 59.8 Å². The maximum absolute atomic E-state index is 13.0. The van der Waals surface area contributed by atoms with Crippen LogP contribution >= 0.6 is 0 Å². The number of unbranched alkanes of at least 4 members (excludes halogenated alkanes) is 1. The summed E-state index contributed by atoms with van der Waals surface area (Å²) in [6.45, 7) is 4.37. The molecule has 32 heavy (non-hydrogen) atoms. The fourth-order valence-electron chi connectivity index (χ4n) is 3.66. The lowest BCUT2D eigenvalue weighted by molar-refractivity contribution is -0.139. The third kappa shape index (κ3) is 5.41. The zero-order chi connectivity index (χ0) is 22.9. The number of esters is 1. The zero-order valence-corrected chi connectivity index (χ0v) is 18.8. The first-order chi connectivity index (χ1) is 15.6. The van der Waals surface area contributed by atoms with Gasteiger partial charge in [0.05, 0.1) is 25.3 Å². The van der Waals surface area contributed by atoms with E-state index in [9.17, 15) is 9.59 Å². The summed E-state index contributed by atoms with van der Waals surface area (Å²) in [5, 5.41) is 5.68. The minimum atomic E-state index is -0.726. The summed E-state index contributed by atoms with van der Waals surface area (Å²) in [5.41, 5.74) is 2.59. The van der Waals surface area contributed by atoms with Crippen LogP contribution in [-0.2, 0) is 16.1 Å². The standard InChI is InChI=1S/C25H30N2O5/c1-4-6-14-19-21(24(28)31-5-2)22(27-25(29)26-19)18-13-10-15-20(30-3)23(18)32-16-17-11-8-7-9-12-17/h7-13,15,22H,4-6,14,16H2,1-3H3,(H2,26,27,29). The van der Waals surface area contributed by atoms with E-state index in [1.807, 2.05) is 42.5 Å². The second kappa shape index (κ2) is 11.2. The minimum absolute atomic E-state index is 0.236. The topological polar surface area (TPSA) is 85.9 Å². The van der Waals surface area contributed by atoms with Crippen molar-refractivity contribution in [1.29, 1.82) is 0 Å². The third-order valence-electron chi connectivity index (χ3n) is 5.20. The third-order valence-corrected chi connectivity index (χ3v) is 5.20. The molecule has 1 heterocycles. The van der Waals surface area contributed by atoms with Crippen molar-refractivity contribution in [2.45, 2.75) is 45.8 Å². The molecule has 0 saturated carbocycles. The molecule has 2 aromatic carbocycles. The summed E-state index contributed by atoms with van der Waals surface area (Å²) in [4.78, 5) is 25.5. The van der Waals surface area contributed by atoms with Gasteiger partial charge < -0.3 is 24.8 Å². The number of ether oxygens (including phenoxy) is 3. The Bertz CT molecular complexity index is 972. The lowest BCUT2D eigenvalue weighted by atomic mass is 9.92. The number of urea groups is 1. The first-order valence-corrected chi connectivity index (χ1v) is 10.9. The van der Waals surface area contributed by atoms with E-state index < -0.39 is 12.0 Å². The first-order valence-electron chi connectivity index (χ1n) is 10.9. The van der Waals surface area contributed by atoms with Crippen molar-refractivity contribution in [1.82, 2.24) is 10.6 Å². The zero-order valence-electron chi connectivity index (χ0n) is 18.8. The van der Waals surface area contributed by atoms with Crippen molar-refractivity contribution in [3.63, 3.8) is 0 Å². The fourth-order valence-corrected chi connectivity index (χ4v) is 3.66. The summed E-state index contributed by atoms with van der Waals surface area (Å²) in [7, 11) is 1.56. The largest absolute Gasteiger partial charge is 0.493 e. The van der Waals surface area contributed by atoms with Crippen LogP contribution in [0.5, 0.6) is 11.5 Å². The highest BCUT2D eigenvalue weighted by Crippen LogP contribution is 2.40. The molecular weight excluding hydrogens is 408 g/mol. The average Bonchev–Trinajstić information content (AvgIpc) is 2.81. The quantitative estimate of drug-likeness (QED) is 0.528. The van der Waals surface area contributed by atoms with Gasteiger partial charge in [-0.05, 0) is 31.4 Å². The molecule has 0 saturated heterocycles. The molecule has 0 bridgehead atoms. The van der Waals surface area contributed by atoms with Gasteiger partial charge in [-0.2, -0.15) is 0 Å². The first kappa shape index (κ1) is 23.2. The summed E-state index contributed by atoms with van der Waals surface area (Å²) < 4.78 is 17.1. The Morgan fingerprint density at radius 3 is 2.53 bits per heavy atom. The van der Waals surface area contributed by atoms with Crippen LogP contribution in [0.4, 0.5) is 4.79 Å². The Morgan fingerprint density at radius 1 is 1.06 bits per heavy atom. The van der Waals surface area contributed by atoms with Gasteiger partial charge in [0.1, 0.15) is 6.61 Å². The van der Waals surface area contributed by atoms with Gasteiger partial charge in [0.15, 0.2) is 11.5 Å². The average molecular weight is 439 g/mol. The SMILES string of the molecule is CCCCC1=C(C(=O)OCC)C(c2cccc(OC)c2OCc2ccccc2)NC(=O)N1. The molecule has 1 atom stereocenters. The Hall–Kier alpha value is -3.48. The van der Waals surface area contributed by atoms with Crippen LogP contribution in [0.1, 0.15) is 50.3 Å². The second-order valence-electron chi connectivity index (χ2n) is 7.40. The number of hydrogen-bond donors (Lipinski definition) is 2. The van der Waals surface area contributed by atoms with Gasteiger partial charge in [-0.3, -0.25) is 0 Å². The van der Waals surface area contributed by atoms with E-state index >= 15 is 0 Å². The molecule has 2 aromatic rings. The molecule has 0 spiro atoms. The molecule has 170 valence electrons. The minimum Gasteiger partial charge on any atom is -0.493 e. The number of amides is 2. The highest BCUT2D eigenvalue weighted by atomic mass is 16.5. The van der Waals surface area contributed by atoms with Crippen LogP contribution in [0, 0.1) is 0 Å². The van der Waals surface area contributed by atoms with Crippen LogP contribution in [0.3, 0.4) is 0 Å². The van der Waals surface area contributed by atoms with Crippen LogP contribution < -0.4 is 20.1 Å². The van der Waals surface area contributed by atoms with Crippen LogP contribution in [0.2, 0.25) is 0 Å². The van der Waals surface area contributed by atoms with Gasteiger partial charge in [-0.15, -0.1) is 0 Å². The maximum Gasteiger partial charge on any atom is 0.338 e. The lowest BCUT2D eigenvalue weighted by Crippen LogP contribution is -2.46. The molecule has 0 fully saturated rings. The van der Waals surface area contributed by atoms with E-state index in [0.717, 1.165) is 18.4 Å². The lowest BCUT2D eigenvalue weighted by Gasteiger charge is -2.30. The van der Waals surface area contributed by atoms with Gasteiger partial charge >= 0.3 is 12.0 Å². The Morgan fingerprint density at radius 2 is 1.84 bits per heavy atom. The molecule has 3 rings (SSSR count). The van der Waals surface area contributed by atoms with E-state index in [4.69, 9.17) is 14.2 Å². The predicted molar refractivity (Wildman–Crippen MR) is 121 cm³/mol.